The average molecular weight is 206 g/mol. The highest BCUT2D eigenvalue weighted by atomic mass is 16.6. The molecule has 0 radical (unpaired) electrons. The lowest BCUT2D eigenvalue weighted by molar-refractivity contribution is -0.459. The van der Waals surface area contributed by atoms with Gasteiger partial charge in [0.2, 0.25) is 0 Å². The summed E-state index contributed by atoms with van der Waals surface area (Å²) >= 11 is 0. The van der Waals surface area contributed by atoms with Gasteiger partial charge in [-0.1, -0.05) is 24.3 Å². The predicted molar refractivity (Wildman–Crippen MR) is 55.6 cm³/mol. The van der Waals surface area contributed by atoms with E-state index in [-0.39, 0.29) is 7.28 Å². The van der Waals surface area contributed by atoms with Crippen LogP contribution in [0.5, 0.6) is 0 Å². The second kappa shape index (κ2) is 4.89. The smallest absolute Gasteiger partial charge is 0.259 e. The van der Waals surface area contributed by atoms with E-state index in [1.807, 2.05) is 0 Å². The molecule has 7 heteroatoms. The summed E-state index contributed by atoms with van der Waals surface area (Å²) in [6, 6.07) is 0. The molecule has 1 aliphatic rings. The van der Waals surface area contributed by atoms with Crippen LogP contribution in [-0.4, -0.2) is 17.1 Å². The van der Waals surface area contributed by atoms with Crippen LogP contribution in [0, 0.1) is 20.2 Å². The molecule has 1 heterocycles. The molecule has 6 nitrogen and oxygen atoms in total. The molecule has 15 heavy (non-hydrogen) atoms. The molecule has 1 aliphatic heterocycles. The molecule has 0 N–H and O–H groups in total. The van der Waals surface area contributed by atoms with Gasteiger partial charge in [-0.2, -0.15) is 0 Å². The van der Waals surface area contributed by atoms with Crippen LogP contribution >= 0.6 is 0 Å². The van der Waals surface area contributed by atoms with Crippen LogP contribution in [0.15, 0.2) is 47.6 Å². The summed E-state index contributed by atoms with van der Waals surface area (Å²) < 4.78 is 0. The molecular formula is C8H7BN2O4. The SMILES string of the molecule is O=[N+]([O-])C1=C([N+](=O)[O-])C=CC=CC=CB1. The largest absolute Gasteiger partial charge is 0.330 e. The lowest BCUT2D eigenvalue weighted by atomic mass is 9.73. The zero-order valence-corrected chi connectivity index (χ0v) is 7.70. The summed E-state index contributed by atoms with van der Waals surface area (Å²) in [5.41, 5.74) is -0.882. The summed E-state index contributed by atoms with van der Waals surface area (Å²) in [6.45, 7) is 0. The number of nitro groups is 2. The molecule has 1 rings (SSSR count). The van der Waals surface area contributed by atoms with E-state index in [0.29, 0.717) is 0 Å². The third kappa shape index (κ3) is 2.90. The van der Waals surface area contributed by atoms with Gasteiger partial charge in [0.25, 0.3) is 12.9 Å². The zero-order valence-electron chi connectivity index (χ0n) is 7.70. The van der Waals surface area contributed by atoms with Crippen molar-refractivity contribution in [3.63, 3.8) is 0 Å². The van der Waals surface area contributed by atoms with E-state index in [4.69, 9.17) is 0 Å². The second-order valence-electron chi connectivity index (χ2n) is 2.72. The van der Waals surface area contributed by atoms with E-state index in [1.165, 1.54) is 12.1 Å². The van der Waals surface area contributed by atoms with Crippen molar-refractivity contribution in [1.29, 1.82) is 0 Å². The Labute approximate surface area is 85.8 Å². The third-order valence-corrected chi connectivity index (χ3v) is 1.75. The second-order valence-corrected chi connectivity index (χ2v) is 2.72. The molecule has 0 spiro atoms. The van der Waals surface area contributed by atoms with Gasteiger partial charge < -0.3 is 0 Å². The van der Waals surface area contributed by atoms with Gasteiger partial charge in [0.15, 0.2) is 0 Å². The van der Waals surface area contributed by atoms with Gasteiger partial charge in [0.1, 0.15) is 0 Å². The summed E-state index contributed by atoms with van der Waals surface area (Å²) in [4.78, 5) is 19.7. The molecule has 0 saturated carbocycles. The van der Waals surface area contributed by atoms with Crippen molar-refractivity contribution >= 4 is 7.28 Å². The minimum atomic E-state index is -0.748. The normalized spacial score (nSPS) is 15.2. The van der Waals surface area contributed by atoms with Gasteiger partial charge in [0, 0.05) is 6.08 Å². The van der Waals surface area contributed by atoms with Crippen LogP contribution in [0.3, 0.4) is 0 Å². The van der Waals surface area contributed by atoms with Gasteiger partial charge in [-0.15, -0.1) is 5.98 Å². The molecule has 0 aromatic rings. The van der Waals surface area contributed by atoms with Gasteiger partial charge in [-0.25, -0.2) is 0 Å². The van der Waals surface area contributed by atoms with Gasteiger partial charge in [-0.05, 0) is 0 Å². The van der Waals surface area contributed by atoms with Crippen LogP contribution in [0.1, 0.15) is 0 Å². The minimum absolute atomic E-state index is 0.0575. The number of hydrogen-bond acceptors (Lipinski definition) is 4. The first-order valence-corrected chi connectivity index (χ1v) is 4.14. The van der Waals surface area contributed by atoms with Gasteiger partial charge >= 0.3 is 5.70 Å². The van der Waals surface area contributed by atoms with Crippen molar-refractivity contribution in [2.45, 2.75) is 0 Å². The minimum Gasteiger partial charge on any atom is -0.259 e. The third-order valence-electron chi connectivity index (χ3n) is 1.75. The molecule has 0 atom stereocenters. The molecule has 0 amide bonds. The van der Waals surface area contributed by atoms with E-state index in [2.05, 4.69) is 0 Å². The zero-order chi connectivity index (χ0) is 11.3. The van der Waals surface area contributed by atoms with Crippen LogP contribution in [0.4, 0.5) is 0 Å². The Morgan fingerprint density at radius 3 is 2.27 bits per heavy atom. The van der Waals surface area contributed by atoms with Crippen molar-refractivity contribution in [2.75, 3.05) is 0 Å². The summed E-state index contributed by atoms with van der Waals surface area (Å²) in [5.74, 6) is 1.51. The fraction of sp³-hybridized carbons (Fsp3) is 0. The van der Waals surface area contributed by atoms with E-state index in [0.717, 1.165) is 6.08 Å². The number of hydrogen-bond donors (Lipinski definition) is 0. The summed E-state index contributed by atoms with van der Waals surface area (Å²) in [6.07, 6.45) is 7.36. The molecule has 0 bridgehead atoms. The van der Waals surface area contributed by atoms with E-state index in [1.54, 1.807) is 18.2 Å². The van der Waals surface area contributed by atoms with Gasteiger partial charge in [0.05, 0.1) is 9.85 Å². The van der Waals surface area contributed by atoms with Crippen LogP contribution in [0.25, 0.3) is 0 Å². The van der Waals surface area contributed by atoms with Crippen LogP contribution in [-0.2, 0) is 0 Å². The Bertz CT molecular complexity index is 409. The molecule has 0 aromatic carbocycles. The fourth-order valence-electron chi connectivity index (χ4n) is 1.07. The average Bonchev–Trinajstić information content (AvgIpc) is 2.27. The van der Waals surface area contributed by atoms with Gasteiger partial charge in [-0.3, -0.25) is 20.2 Å². The van der Waals surface area contributed by atoms with Crippen molar-refractivity contribution < 1.29 is 9.85 Å². The monoisotopic (exact) mass is 206 g/mol. The lowest BCUT2D eigenvalue weighted by Gasteiger charge is -1.94. The number of nitrogens with zero attached hydrogens (tertiary/aromatic N) is 2. The molecule has 0 unspecified atom stereocenters. The first-order chi connectivity index (χ1) is 7.13. The quantitative estimate of drug-likeness (QED) is 0.379. The molecule has 0 saturated heterocycles. The first-order valence-electron chi connectivity index (χ1n) is 4.14. The Morgan fingerprint density at radius 2 is 1.67 bits per heavy atom. The van der Waals surface area contributed by atoms with Crippen molar-refractivity contribution in [3.05, 3.63) is 67.9 Å². The van der Waals surface area contributed by atoms with Crippen LogP contribution in [0.2, 0.25) is 0 Å². The summed E-state index contributed by atoms with van der Waals surface area (Å²) in [7, 11) is -0.0575. The summed E-state index contributed by atoms with van der Waals surface area (Å²) in [5, 5.41) is 21.2. The number of allylic oxidation sites excluding steroid dienone is 5. The van der Waals surface area contributed by atoms with Crippen LogP contribution < -0.4 is 0 Å². The van der Waals surface area contributed by atoms with E-state index >= 15 is 0 Å². The topological polar surface area (TPSA) is 86.3 Å². The van der Waals surface area contributed by atoms with Crippen molar-refractivity contribution in [1.82, 2.24) is 0 Å². The standard InChI is InChI=1S/C8H7BN2O4/c12-10(13)7-5-3-1-2-4-6-9-8(7)11(14)15/h1-6,9H. The lowest BCUT2D eigenvalue weighted by Crippen LogP contribution is -2.13. The first kappa shape index (κ1) is 10.9. The molecule has 76 valence electrons. The number of rotatable bonds is 2. The highest BCUT2D eigenvalue weighted by molar-refractivity contribution is 6.50. The molecule has 0 aliphatic carbocycles. The maximum absolute atomic E-state index is 10.6. The van der Waals surface area contributed by atoms with E-state index in [9.17, 15) is 20.2 Å². The molecule has 0 fully saturated rings. The Hall–Kier alpha value is -2.18. The molecule has 0 aromatic heterocycles. The Balaban J connectivity index is 3.23. The maximum atomic E-state index is 10.6. The van der Waals surface area contributed by atoms with E-state index < -0.39 is 21.1 Å². The fourth-order valence-corrected chi connectivity index (χ4v) is 1.07. The van der Waals surface area contributed by atoms with Crippen molar-refractivity contribution in [2.24, 2.45) is 0 Å². The molecular weight excluding hydrogens is 199 g/mol. The Morgan fingerprint density at radius 1 is 1.00 bits per heavy atom. The predicted octanol–water partition coefficient (Wildman–Crippen LogP) is 0.785. The van der Waals surface area contributed by atoms with Crippen molar-refractivity contribution in [3.8, 4) is 0 Å². The highest BCUT2D eigenvalue weighted by Gasteiger charge is 2.25. The Kier molecular flexibility index (Phi) is 3.56. The maximum Gasteiger partial charge on any atom is 0.330 e. The highest BCUT2D eigenvalue weighted by Crippen LogP contribution is 2.09.